The highest BCUT2D eigenvalue weighted by Gasteiger charge is 2.09. The van der Waals surface area contributed by atoms with E-state index in [9.17, 15) is 14.0 Å². The molecule has 0 aliphatic rings. The van der Waals surface area contributed by atoms with Gasteiger partial charge in [-0.25, -0.2) is 14.0 Å². The summed E-state index contributed by atoms with van der Waals surface area (Å²) in [6, 6.07) is 7.40. The third-order valence-electron chi connectivity index (χ3n) is 3.54. The van der Waals surface area contributed by atoms with E-state index in [0.717, 1.165) is 5.56 Å². The first kappa shape index (κ1) is 14.8. The summed E-state index contributed by atoms with van der Waals surface area (Å²) in [6.07, 6.45) is 0. The molecule has 7 heteroatoms. The van der Waals surface area contributed by atoms with Gasteiger partial charge in [0.05, 0.1) is 11.0 Å². The molecule has 0 bridgehead atoms. The predicted octanol–water partition coefficient (Wildman–Crippen LogP) is 3.26. The van der Waals surface area contributed by atoms with Crippen LogP contribution in [0.5, 0.6) is 0 Å². The standard InChI is InChI=1S/C16H15FN4O2/c1-8-3-4-10(6-11(8)17)18-15(22)19-12-7-14-13(5-9(12)2)20-16(23)21-14/h3-7H,1-2H3,(H2,18,19,22)(H2,20,21,23). The molecule has 3 aromatic rings. The second-order valence-corrected chi connectivity index (χ2v) is 5.33. The molecule has 0 atom stereocenters. The van der Waals surface area contributed by atoms with Gasteiger partial charge in [-0.05, 0) is 49.2 Å². The van der Waals surface area contributed by atoms with E-state index < -0.39 is 6.03 Å². The smallest absolute Gasteiger partial charge is 0.308 e. The van der Waals surface area contributed by atoms with Crippen LogP contribution >= 0.6 is 0 Å². The second-order valence-electron chi connectivity index (χ2n) is 5.33. The van der Waals surface area contributed by atoms with Gasteiger partial charge in [-0.15, -0.1) is 0 Å². The summed E-state index contributed by atoms with van der Waals surface area (Å²) in [6.45, 7) is 3.46. The van der Waals surface area contributed by atoms with Gasteiger partial charge in [0.1, 0.15) is 5.82 Å². The van der Waals surface area contributed by atoms with Crippen LogP contribution in [0, 0.1) is 19.7 Å². The topological polar surface area (TPSA) is 89.8 Å². The summed E-state index contributed by atoms with van der Waals surface area (Å²) in [7, 11) is 0. The normalized spacial score (nSPS) is 10.7. The number of urea groups is 1. The van der Waals surface area contributed by atoms with Crippen LogP contribution in [-0.4, -0.2) is 16.0 Å². The fraction of sp³-hybridized carbons (Fsp3) is 0.125. The molecule has 23 heavy (non-hydrogen) atoms. The van der Waals surface area contributed by atoms with Crippen LogP contribution in [0.15, 0.2) is 35.1 Å². The minimum atomic E-state index is -0.492. The highest BCUT2D eigenvalue weighted by molar-refractivity contribution is 6.01. The van der Waals surface area contributed by atoms with Crippen molar-refractivity contribution in [2.24, 2.45) is 0 Å². The van der Waals surface area contributed by atoms with Gasteiger partial charge in [0.15, 0.2) is 0 Å². The Morgan fingerprint density at radius 3 is 2.39 bits per heavy atom. The number of carbonyl (C=O) groups excluding carboxylic acids is 1. The molecule has 3 rings (SSSR count). The van der Waals surface area contributed by atoms with Crippen molar-refractivity contribution in [3.8, 4) is 0 Å². The minimum Gasteiger partial charge on any atom is -0.308 e. The average molecular weight is 314 g/mol. The third kappa shape index (κ3) is 3.08. The van der Waals surface area contributed by atoms with Gasteiger partial charge >= 0.3 is 11.7 Å². The molecule has 0 saturated carbocycles. The zero-order valence-electron chi connectivity index (χ0n) is 12.6. The van der Waals surface area contributed by atoms with Crippen LogP contribution in [0.4, 0.5) is 20.6 Å². The number of hydrogen-bond donors (Lipinski definition) is 4. The van der Waals surface area contributed by atoms with E-state index in [4.69, 9.17) is 0 Å². The number of aromatic amines is 2. The molecule has 118 valence electrons. The Balaban J connectivity index is 1.80. The molecule has 6 nitrogen and oxygen atoms in total. The van der Waals surface area contributed by atoms with Crippen LogP contribution in [0.25, 0.3) is 11.0 Å². The SMILES string of the molecule is Cc1ccc(NC(=O)Nc2cc3[nH]c(=O)[nH]c3cc2C)cc1F. The Kier molecular flexibility index (Phi) is 3.61. The van der Waals surface area contributed by atoms with Crippen molar-refractivity contribution in [3.05, 3.63) is 57.8 Å². The number of imidazole rings is 1. The van der Waals surface area contributed by atoms with E-state index in [0.29, 0.717) is 28.0 Å². The van der Waals surface area contributed by atoms with Crippen LogP contribution in [0.2, 0.25) is 0 Å². The maximum absolute atomic E-state index is 13.5. The zero-order valence-corrected chi connectivity index (χ0v) is 12.6. The molecule has 1 aromatic heterocycles. The summed E-state index contributed by atoms with van der Waals surface area (Å²) >= 11 is 0. The van der Waals surface area contributed by atoms with Crippen molar-refractivity contribution in [2.75, 3.05) is 10.6 Å². The average Bonchev–Trinajstić information content (AvgIpc) is 2.82. The zero-order chi connectivity index (χ0) is 16.6. The van der Waals surface area contributed by atoms with E-state index >= 15 is 0 Å². The highest BCUT2D eigenvalue weighted by Crippen LogP contribution is 2.21. The molecule has 2 amide bonds. The van der Waals surface area contributed by atoms with Gasteiger partial charge in [0, 0.05) is 11.4 Å². The Morgan fingerprint density at radius 2 is 1.70 bits per heavy atom. The number of hydrogen-bond acceptors (Lipinski definition) is 2. The lowest BCUT2D eigenvalue weighted by atomic mass is 10.2. The number of aromatic nitrogens is 2. The van der Waals surface area contributed by atoms with Crippen LogP contribution in [-0.2, 0) is 0 Å². The number of nitrogens with one attached hydrogen (secondary N) is 4. The molecule has 0 fully saturated rings. The van der Waals surface area contributed by atoms with E-state index in [1.807, 2.05) is 6.92 Å². The van der Waals surface area contributed by atoms with Gasteiger partial charge in [-0.2, -0.15) is 0 Å². The van der Waals surface area contributed by atoms with Crippen molar-refractivity contribution in [2.45, 2.75) is 13.8 Å². The molecule has 1 heterocycles. The number of benzene rings is 2. The Morgan fingerprint density at radius 1 is 1.00 bits per heavy atom. The largest absolute Gasteiger partial charge is 0.323 e. The number of anilines is 2. The Bertz CT molecular complexity index is 958. The lowest BCUT2D eigenvalue weighted by Crippen LogP contribution is -2.20. The molecule has 0 unspecified atom stereocenters. The van der Waals surface area contributed by atoms with Crippen molar-refractivity contribution in [1.29, 1.82) is 0 Å². The Labute approximate surface area is 130 Å². The van der Waals surface area contributed by atoms with E-state index in [1.54, 1.807) is 31.2 Å². The maximum Gasteiger partial charge on any atom is 0.323 e. The summed E-state index contributed by atoms with van der Waals surface area (Å²) in [5.74, 6) is -0.384. The summed E-state index contributed by atoms with van der Waals surface area (Å²) in [4.78, 5) is 28.6. The van der Waals surface area contributed by atoms with Crippen LogP contribution in [0.1, 0.15) is 11.1 Å². The first-order valence-electron chi connectivity index (χ1n) is 6.99. The van der Waals surface area contributed by atoms with Crippen molar-refractivity contribution in [3.63, 3.8) is 0 Å². The van der Waals surface area contributed by atoms with Crippen molar-refractivity contribution in [1.82, 2.24) is 9.97 Å². The number of aryl methyl sites for hydroxylation is 2. The van der Waals surface area contributed by atoms with Crippen molar-refractivity contribution < 1.29 is 9.18 Å². The van der Waals surface area contributed by atoms with E-state index in [-0.39, 0.29) is 11.5 Å². The number of rotatable bonds is 2. The van der Waals surface area contributed by atoms with Crippen LogP contribution < -0.4 is 16.3 Å². The fourth-order valence-corrected chi connectivity index (χ4v) is 2.28. The number of carbonyl (C=O) groups is 1. The van der Waals surface area contributed by atoms with E-state index in [2.05, 4.69) is 20.6 Å². The molecule has 0 radical (unpaired) electrons. The first-order valence-corrected chi connectivity index (χ1v) is 6.99. The lowest BCUT2D eigenvalue weighted by molar-refractivity contribution is 0.262. The number of halogens is 1. The first-order chi connectivity index (χ1) is 10.9. The number of H-pyrrole nitrogens is 2. The molecule has 0 aliphatic carbocycles. The molecular weight excluding hydrogens is 299 g/mol. The maximum atomic E-state index is 13.5. The minimum absolute atomic E-state index is 0.309. The predicted molar refractivity (Wildman–Crippen MR) is 87.4 cm³/mol. The van der Waals surface area contributed by atoms with Crippen molar-refractivity contribution >= 4 is 28.4 Å². The summed E-state index contributed by atoms with van der Waals surface area (Å²) < 4.78 is 13.5. The summed E-state index contributed by atoms with van der Waals surface area (Å²) in [5.41, 5.74) is 3.16. The number of amides is 2. The third-order valence-corrected chi connectivity index (χ3v) is 3.54. The van der Waals surface area contributed by atoms with E-state index in [1.165, 1.54) is 6.07 Å². The molecule has 0 spiro atoms. The number of fused-ring (bicyclic) bond motifs is 1. The lowest BCUT2D eigenvalue weighted by Gasteiger charge is -2.10. The highest BCUT2D eigenvalue weighted by atomic mass is 19.1. The van der Waals surface area contributed by atoms with Gasteiger partial charge < -0.3 is 20.6 Å². The van der Waals surface area contributed by atoms with Gasteiger partial charge in [0.2, 0.25) is 0 Å². The molecule has 4 N–H and O–H groups in total. The fourth-order valence-electron chi connectivity index (χ4n) is 2.28. The van der Waals surface area contributed by atoms with Crippen LogP contribution in [0.3, 0.4) is 0 Å². The monoisotopic (exact) mass is 314 g/mol. The second kappa shape index (κ2) is 5.60. The molecule has 0 saturated heterocycles. The molecule has 0 aliphatic heterocycles. The van der Waals surface area contributed by atoms with Gasteiger partial charge in [-0.1, -0.05) is 6.07 Å². The molecule has 2 aromatic carbocycles. The quantitative estimate of drug-likeness (QED) is 0.585. The Hall–Kier alpha value is -3.09. The van der Waals surface area contributed by atoms with Gasteiger partial charge in [0.25, 0.3) is 0 Å². The summed E-state index contributed by atoms with van der Waals surface area (Å²) in [5, 5.41) is 5.25. The van der Waals surface area contributed by atoms with Gasteiger partial charge in [-0.3, -0.25) is 0 Å². The molecular formula is C16H15FN4O2.